The van der Waals surface area contributed by atoms with Crippen LogP contribution in [-0.4, -0.2) is 13.1 Å². The first-order valence-electron chi connectivity index (χ1n) is 2.95. The Hall–Kier alpha value is -0.550. The van der Waals surface area contributed by atoms with Gasteiger partial charge in [-0.1, -0.05) is 6.92 Å². The quantitative estimate of drug-likeness (QED) is 0.489. The molecule has 0 aromatic heterocycles. The Balaban J connectivity index is 2.45. The number of nitrogens with one attached hydrogen (secondary N) is 1. The topological polar surface area (TPSA) is 35.8 Å². The summed E-state index contributed by atoms with van der Waals surface area (Å²) in [6.07, 6.45) is 0. The predicted molar refractivity (Wildman–Crippen MR) is 31.1 cm³/mol. The van der Waals surface area contributed by atoms with Gasteiger partial charge in [0.1, 0.15) is 0 Å². The number of rotatable bonds is 0. The van der Waals surface area contributed by atoms with Gasteiger partial charge in [-0.25, -0.2) is 0 Å². The maximum atomic E-state index is 8.45. The molecule has 0 amide bonds. The van der Waals surface area contributed by atoms with Crippen LogP contribution in [0.1, 0.15) is 6.92 Å². The van der Waals surface area contributed by atoms with Crippen LogP contribution in [-0.2, 0) is 0 Å². The van der Waals surface area contributed by atoms with Crippen LogP contribution < -0.4 is 5.32 Å². The molecule has 0 saturated carbocycles. The minimum atomic E-state index is 0.259. The van der Waals surface area contributed by atoms with E-state index in [2.05, 4.69) is 18.3 Å². The molecule has 0 aromatic carbocycles. The van der Waals surface area contributed by atoms with E-state index in [1.807, 2.05) is 0 Å². The molecule has 2 heteroatoms. The summed E-state index contributed by atoms with van der Waals surface area (Å²) in [6, 6.07) is 2.25. The Kier molecular flexibility index (Phi) is 1.50. The van der Waals surface area contributed by atoms with Gasteiger partial charge in [0, 0.05) is 6.54 Å². The van der Waals surface area contributed by atoms with Crippen molar-refractivity contribution in [3.8, 4) is 6.07 Å². The van der Waals surface area contributed by atoms with Crippen molar-refractivity contribution in [2.75, 3.05) is 13.1 Å². The van der Waals surface area contributed by atoms with Gasteiger partial charge in [0.15, 0.2) is 0 Å². The van der Waals surface area contributed by atoms with Crippen molar-refractivity contribution in [3.05, 3.63) is 0 Å². The minimum absolute atomic E-state index is 0.259. The highest BCUT2D eigenvalue weighted by atomic mass is 14.9. The number of hydrogen-bond acceptors (Lipinski definition) is 2. The largest absolute Gasteiger partial charge is 0.315 e. The second-order valence-electron chi connectivity index (χ2n) is 2.37. The fourth-order valence-electron chi connectivity index (χ4n) is 0.983. The lowest BCUT2D eigenvalue weighted by Gasteiger charge is -2.00. The molecule has 1 aliphatic heterocycles. The van der Waals surface area contributed by atoms with Crippen LogP contribution in [0.4, 0.5) is 0 Å². The van der Waals surface area contributed by atoms with Crippen molar-refractivity contribution >= 4 is 0 Å². The first kappa shape index (κ1) is 5.58. The standard InChI is InChI=1S/C6H10N2/c1-5-3-8-4-6(5)2-7/h5-6,8H,3-4H2,1H3/t5-,6+/m1/s1. The van der Waals surface area contributed by atoms with E-state index in [1.165, 1.54) is 0 Å². The van der Waals surface area contributed by atoms with E-state index in [-0.39, 0.29) is 5.92 Å². The Morgan fingerprint density at radius 1 is 1.62 bits per heavy atom. The SMILES string of the molecule is C[C@@H]1CNC[C@@H]1C#N. The van der Waals surface area contributed by atoms with Crippen LogP contribution in [0.5, 0.6) is 0 Å². The van der Waals surface area contributed by atoms with Gasteiger partial charge < -0.3 is 5.32 Å². The molecule has 0 aromatic rings. The highest BCUT2D eigenvalue weighted by Crippen LogP contribution is 2.13. The van der Waals surface area contributed by atoms with Crippen molar-refractivity contribution in [1.82, 2.24) is 5.32 Å². The third-order valence-corrected chi connectivity index (χ3v) is 1.68. The fourth-order valence-corrected chi connectivity index (χ4v) is 0.983. The predicted octanol–water partition coefficient (Wildman–Crippen LogP) is 0.365. The Morgan fingerprint density at radius 3 is 2.62 bits per heavy atom. The van der Waals surface area contributed by atoms with E-state index in [4.69, 9.17) is 5.26 Å². The fraction of sp³-hybridized carbons (Fsp3) is 0.833. The summed E-state index contributed by atoms with van der Waals surface area (Å²) in [5.74, 6) is 0.815. The first-order valence-corrected chi connectivity index (χ1v) is 2.95. The maximum absolute atomic E-state index is 8.45. The van der Waals surface area contributed by atoms with E-state index in [1.54, 1.807) is 0 Å². The molecule has 2 nitrogen and oxygen atoms in total. The molecule has 44 valence electrons. The van der Waals surface area contributed by atoms with Crippen LogP contribution in [0.15, 0.2) is 0 Å². The second-order valence-corrected chi connectivity index (χ2v) is 2.37. The van der Waals surface area contributed by atoms with E-state index < -0.39 is 0 Å². The second kappa shape index (κ2) is 2.15. The smallest absolute Gasteiger partial charge is 0.0672 e. The van der Waals surface area contributed by atoms with Gasteiger partial charge >= 0.3 is 0 Å². The van der Waals surface area contributed by atoms with Gasteiger partial charge in [-0.05, 0) is 12.5 Å². The third-order valence-electron chi connectivity index (χ3n) is 1.68. The lowest BCUT2D eigenvalue weighted by molar-refractivity contribution is 0.553. The number of nitrogens with zero attached hydrogens (tertiary/aromatic N) is 1. The molecule has 0 bridgehead atoms. The summed E-state index contributed by atoms with van der Waals surface area (Å²) >= 11 is 0. The zero-order valence-electron chi connectivity index (χ0n) is 5.02. The van der Waals surface area contributed by atoms with Crippen molar-refractivity contribution in [2.24, 2.45) is 11.8 Å². The molecule has 0 radical (unpaired) electrons. The Morgan fingerprint density at radius 2 is 2.38 bits per heavy atom. The van der Waals surface area contributed by atoms with Crippen LogP contribution in [0.25, 0.3) is 0 Å². The van der Waals surface area contributed by atoms with Crippen molar-refractivity contribution in [1.29, 1.82) is 5.26 Å². The van der Waals surface area contributed by atoms with Gasteiger partial charge in [-0.2, -0.15) is 5.26 Å². The van der Waals surface area contributed by atoms with Gasteiger partial charge in [0.25, 0.3) is 0 Å². The lowest BCUT2D eigenvalue weighted by atomic mass is 10.0. The average Bonchev–Trinajstić information content (AvgIpc) is 2.14. The Bertz CT molecular complexity index is 114. The summed E-state index contributed by atoms with van der Waals surface area (Å²) < 4.78 is 0. The molecule has 1 fully saturated rings. The van der Waals surface area contributed by atoms with E-state index >= 15 is 0 Å². The first-order chi connectivity index (χ1) is 3.84. The van der Waals surface area contributed by atoms with Gasteiger partial charge in [-0.3, -0.25) is 0 Å². The van der Waals surface area contributed by atoms with Crippen LogP contribution in [0, 0.1) is 23.2 Å². The van der Waals surface area contributed by atoms with Crippen molar-refractivity contribution in [3.63, 3.8) is 0 Å². The number of hydrogen-bond donors (Lipinski definition) is 1. The van der Waals surface area contributed by atoms with Crippen LogP contribution in [0.3, 0.4) is 0 Å². The summed E-state index contributed by atoms with van der Waals surface area (Å²) in [5.41, 5.74) is 0. The Labute approximate surface area is 49.5 Å². The minimum Gasteiger partial charge on any atom is -0.315 e. The average molecular weight is 110 g/mol. The zero-order chi connectivity index (χ0) is 5.98. The lowest BCUT2D eigenvalue weighted by Crippen LogP contribution is -2.07. The molecule has 0 spiro atoms. The normalized spacial score (nSPS) is 37.0. The molecular formula is C6H10N2. The highest BCUT2D eigenvalue weighted by Gasteiger charge is 2.21. The monoisotopic (exact) mass is 110 g/mol. The molecule has 2 atom stereocenters. The highest BCUT2D eigenvalue weighted by molar-refractivity contribution is 4.92. The molecule has 1 aliphatic rings. The summed E-state index contributed by atoms with van der Waals surface area (Å²) in [6.45, 7) is 4.00. The molecule has 1 heterocycles. The maximum Gasteiger partial charge on any atom is 0.0672 e. The van der Waals surface area contributed by atoms with Gasteiger partial charge in [-0.15, -0.1) is 0 Å². The molecular weight excluding hydrogens is 100 g/mol. The molecule has 1 N–H and O–H groups in total. The van der Waals surface area contributed by atoms with Crippen LogP contribution in [0.2, 0.25) is 0 Å². The summed E-state index contributed by atoms with van der Waals surface area (Å²) in [7, 11) is 0. The zero-order valence-corrected chi connectivity index (χ0v) is 5.02. The van der Waals surface area contributed by atoms with Crippen LogP contribution >= 0.6 is 0 Å². The number of nitriles is 1. The summed E-state index contributed by atoms with van der Waals surface area (Å²) in [4.78, 5) is 0. The van der Waals surface area contributed by atoms with Gasteiger partial charge in [0.05, 0.1) is 12.0 Å². The molecule has 8 heavy (non-hydrogen) atoms. The molecule has 1 saturated heterocycles. The molecule has 1 rings (SSSR count). The van der Waals surface area contributed by atoms with Crippen molar-refractivity contribution in [2.45, 2.75) is 6.92 Å². The van der Waals surface area contributed by atoms with E-state index in [9.17, 15) is 0 Å². The molecule has 0 unspecified atom stereocenters. The van der Waals surface area contributed by atoms with E-state index in [0.29, 0.717) is 5.92 Å². The summed E-state index contributed by atoms with van der Waals surface area (Å²) in [5, 5.41) is 11.6. The van der Waals surface area contributed by atoms with Crippen molar-refractivity contribution < 1.29 is 0 Å². The van der Waals surface area contributed by atoms with E-state index in [0.717, 1.165) is 13.1 Å². The third kappa shape index (κ3) is 0.823. The molecule has 0 aliphatic carbocycles. The van der Waals surface area contributed by atoms with Gasteiger partial charge in [0.2, 0.25) is 0 Å².